The number of carbonyl (C=O) groups is 2. The number of aliphatic hydroxyl groups excluding tert-OH is 2. The summed E-state index contributed by atoms with van der Waals surface area (Å²) in [7, 11) is 0. The summed E-state index contributed by atoms with van der Waals surface area (Å²) in [6, 6.07) is -0.624. The average Bonchev–Trinajstić information content (AvgIpc) is 3.48. The highest BCUT2D eigenvalue weighted by atomic mass is 16.5. The molecule has 0 aliphatic heterocycles. The second kappa shape index (κ2) is 71.6. The van der Waals surface area contributed by atoms with Crippen LogP contribution in [0.2, 0.25) is 0 Å². The number of esters is 1. The second-order valence-electron chi connectivity index (χ2n) is 25.6. The van der Waals surface area contributed by atoms with E-state index in [0.717, 1.165) is 44.9 Å². The van der Waals surface area contributed by atoms with Gasteiger partial charge in [-0.25, -0.2) is 0 Å². The molecule has 0 aliphatic carbocycles. The smallest absolute Gasteiger partial charge is 0.305 e. The van der Waals surface area contributed by atoms with Crippen molar-refractivity contribution < 1.29 is 24.5 Å². The zero-order valence-corrected chi connectivity index (χ0v) is 55.5. The third-order valence-corrected chi connectivity index (χ3v) is 17.4. The summed E-state index contributed by atoms with van der Waals surface area (Å²) in [5.74, 6) is -0.0489. The molecule has 0 aromatic rings. The van der Waals surface area contributed by atoms with E-state index in [1.165, 1.54) is 340 Å². The quantitative estimate of drug-likeness (QED) is 0.0320. The first-order valence-electron chi connectivity index (χ1n) is 37.3. The molecule has 0 aliphatic rings. The lowest BCUT2D eigenvalue weighted by atomic mass is 10.0. The molecule has 0 saturated carbocycles. The highest BCUT2D eigenvalue weighted by molar-refractivity contribution is 5.76. The predicted octanol–water partition coefficient (Wildman–Crippen LogP) is 24.3. The summed E-state index contributed by atoms with van der Waals surface area (Å²) >= 11 is 0. The summed E-state index contributed by atoms with van der Waals surface area (Å²) < 4.78 is 5.49. The molecule has 0 spiro atoms. The van der Waals surface area contributed by atoms with Crippen molar-refractivity contribution in [3.8, 4) is 0 Å². The van der Waals surface area contributed by atoms with Crippen LogP contribution in [-0.4, -0.2) is 47.4 Å². The number of unbranched alkanes of at least 4 members (excludes halogenated alkanes) is 55. The Kier molecular flexibility index (Phi) is 69.9. The molecular weight excluding hydrogens is 1010 g/mol. The van der Waals surface area contributed by atoms with Gasteiger partial charge in [0.15, 0.2) is 0 Å². The number of allylic oxidation sites excluding steroid dienone is 5. The molecule has 0 radical (unpaired) electrons. The highest BCUT2D eigenvalue weighted by Gasteiger charge is 2.18. The van der Waals surface area contributed by atoms with Gasteiger partial charge in [0.2, 0.25) is 5.91 Å². The van der Waals surface area contributed by atoms with Crippen LogP contribution in [0.3, 0.4) is 0 Å². The van der Waals surface area contributed by atoms with Gasteiger partial charge in [0.05, 0.1) is 25.4 Å². The number of hydrogen-bond donors (Lipinski definition) is 3. The molecule has 0 rings (SSSR count). The van der Waals surface area contributed by atoms with E-state index in [2.05, 4.69) is 43.5 Å². The van der Waals surface area contributed by atoms with Gasteiger partial charge in [0.25, 0.3) is 0 Å². The molecule has 0 bridgehead atoms. The van der Waals surface area contributed by atoms with Gasteiger partial charge < -0.3 is 20.3 Å². The third-order valence-electron chi connectivity index (χ3n) is 17.4. The molecule has 0 saturated heterocycles. The standard InChI is InChI=1S/C76H145NO5/c1-3-5-7-9-11-13-15-17-44-48-52-56-60-64-68-74(79)73(72-78)77-75(80)69-65-61-57-53-49-45-42-40-38-36-34-32-30-28-26-24-22-20-19-21-23-25-27-29-31-33-35-37-39-41-43-47-51-55-59-63-67-71-82-76(81)70-66-62-58-54-50-46-18-16-14-12-10-8-6-4-2/h16,18-19,21,64,68,73-74,78-79H,3-15,17,20,22-63,65-67,69-72H2,1-2H3,(H,77,80)/b18-16-,21-19-,68-64+. The molecule has 0 aromatic carbocycles. The van der Waals surface area contributed by atoms with E-state index in [0.29, 0.717) is 19.4 Å². The molecule has 0 fully saturated rings. The summed E-state index contributed by atoms with van der Waals surface area (Å²) in [5, 5.41) is 23.2. The van der Waals surface area contributed by atoms with E-state index >= 15 is 0 Å². The largest absolute Gasteiger partial charge is 0.466 e. The number of nitrogens with one attached hydrogen (secondary N) is 1. The van der Waals surface area contributed by atoms with Gasteiger partial charge in [-0.2, -0.15) is 0 Å². The van der Waals surface area contributed by atoms with Gasteiger partial charge in [-0.1, -0.05) is 352 Å². The number of carbonyl (C=O) groups excluding carboxylic acids is 2. The topological polar surface area (TPSA) is 95.9 Å². The predicted molar refractivity (Wildman–Crippen MR) is 361 cm³/mol. The minimum Gasteiger partial charge on any atom is -0.466 e. The fourth-order valence-electron chi connectivity index (χ4n) is 11.7. The molecule has 1 amide bonds. The van der Waals surface area contributed by atoms with Crippen LogP contribution in [-0.2, 0) is 14.3 Å². The van der Waals surface area contributed by atoms with E-state index in [1.54, 1.807) is 6.08 Å². The summed E-state index contributed by atoms with van der Waals surface area (Å²) in [5.41, 5.74) is 0. The molecule has 484 valence electrons. The van der Waals surface area contributed by atoms with Crippen molar-refractivity contribution in [2.75, 3.05) is 13.2 Å². The van der Waals surface area contributed by atoms with Crippen LogP contribution in [0, 0.1) is 0 Å². The van der Waals surface area contributed by atoms with Crippen molar-refractivity contribution in [3.05, 3.63) is 36.5 Å². The van der Waals surface area contributed by atoms with E-state index in [-0.39, 0.29) is 18.5 Å². The summed E-state index contributed by atoms with van der Waals surface area (Å²) in [6.45, 7) is 4.92. The first-order valence-corrected chi connectivity index (χ1v) is 37.3. The first kappa shape index (κ1) is 80.1. The van der Waals surface area contributed by atoms with E-state index in [9.17, 15) is 19.8 Å². The molecule has 3 N–H and O–H groups in total. The highest BCUT2D eigenvalue weighted by Crippen LogP contribution is 2.19. The van der Waals surface area contributed by atoms with Crippen LogP contribution >= 0.6 is 0 Å². The van der Waals surface area contributed by atoms with Gasteiger partial charge in [0.1, 0.15) is 0 Å². The van der Waals surface area contributed by atoms with Crippen LogP contribution in [0.5, 0.6) is 0 Å². The number of rotatable bonds is 70. The van der Waals surface area contributed by atoms with Gasteiger partial charge in [-0.05, 0) is 83.5 Å². The summed E-state index contributed by atoms with van der Waals surface area (Å²) in [6.07, 6.45) is 92.6. The molecule has 2 atom stereocenters. The van der Waals surface area contributed by atoms with Crippen molar-refractivity contribution in [2.45, 2.75) is 424 Å². The zero-order chi connectivity index (χ0) is 59.2. The monoisotopic (exact) mass is 1150 g/mol. The molecule has 6 nitrogen and oxygen atoms in total. The molecule has 82 heavy (non-hydrogen) atoms. The first-order chi connectivity index (χ1) is 40.5. The van der Waals surface area contributed by atoms with Gasteiger partial charge >= 0.3 is 5.97 Å². The molecule has 0 heterocycles. The molecule has 2 unspecified atom stereocenters. The maximum atomic E-state index is 12.5. The Morgan fingerprint density at radius 1 is 0.329 bits per heavy atom. The Hall–Kier alpha value is -1.92. The van der Waals surface area contributed by atoms with Crippen molar-refractivity contribution in [1.29, 1.82) is 0 Å². The molecule has 0 aromatic heterocycles. The zero-order valence-electron chi connectivity index (χ0n) is 55.5. The Balaban J connectivity index is 3.33. The lowest BCUT2D eigenvalue weighted by Gasteiger charge is -2.20. The Morgan fingerprint density at radius 2 is 0.573 bits per heavy atom. The molecular formula is C76H145NO5. The van der Waals surface area contributed by atoms with Crippen molar-refractivity contribution >= 4 is 11.9 Å². The van der Waals surface area contributed by atoms with Crippen LogP contribution < -0.4 is 5.32 Å². The normalized spacial score (nSPS) is 12.7. The fourth-order valence-corrected chi connectivity index (χ4v) is 11.7. The van der Waals surface area contributed by atoms with Crippen LogP contribution in [0.1, 0.15) is 412 Å². The Morgan fingerprint density at radius 3 is 0.866 bits per heavy atom. The SMILES string of the molecule is CCCCCCC/C=C\CCCCCCCC(=O)OCCCCCCCCCCCCCCCCCC/C=C\CCCCCCCCCCCCCCCCCCCC(=O)NC(CO)C(O)/C=C/CCCCCCCCCCCCCC. The fraction of sp³-hybridized carbons (Fsp3) is 0.895. The van der Waals surface area contributed by atoms with Crippen molar-refractivity contribution in [1.82, 2.24) is 5.32 Å². The van der Waals surface area contributed by atoms with Crippen molar-refractivity contribution in [3.63, 3.8) is 0 Å². The maximum absolute atomic E-state index is 12.5. The number of ether oxygens (including phenoxy) is 1. The number of amides is 1. The maximum Gasteiger partial charge on any atom is 0.305 e. The minimum atomic E-state index is -0.841. The lowest BCUT2D eigenvalue weighted by molar-refractivity contribution is -0.143. The van der Waals surface area contributed by atoms with E-state index in [1.807, 2.05) is 6.08 Å². The van der Waals surface area contributed by atoms with E-state index in [4.69, 9.17) is 4.74 Å². The minimum absolute atomic E-state index is 0.0130. The van der Waals surface area contributed by atoms with Crippen molar-refractivity contribution in [2.24, 2.45) is 0 Å². The van der Waals surface area contributed by atoms with Gasteiger partial charge in [0, 0.05) is 12.8 Å². The number of aliphatic hydroxyl groups is 2. The Labute approximate surface area is 513 Å². The van der Waals surface area contributed by atoms with E-state index < -0.39 is 12.1 Å². The number of hydrogen-bond acceptors (Lipinski definition) is 5. The average molecular weight is 1150 g/mol. The summed E-state index contributed by atoms with van der Waals surface area (Å²) in [4.78, 5) is 24.5. The third kappa shape index (κ3) is 67.2. The lowest BCUT2D eigenvalue weighted by Crippen LogP contribution is -2.45. The van der Waals surface area contributed by atoms with Crippen LogP contribution in [0.15, 0.2) is 36.5 Å². The van der Waals surface area contributed by atoms with Crippen LogP contribution in [0.4, 0.5) is 0 Å². The van der Waals surface area contributed by atoms with Gasteiger partial charge in [-0.15, -0.1) is 0 Å². The Bertz CT molecular complexity index is 1330. The van der Waals surface area contributed by atoms with Crippen LogP contribution in [0.25, 0.3) is 0 Å². The second-order valence-corrected chi connectivity index (χ2v) is 25.6. The molecule has 6 heteroatoms. The van der Waals surface area contributed by atoms with Gasteiger partial charge in [-0.3, -0.25) is 9.59 Å².